The van der Waals surface area contributed by atoms with Gasteiger partial charge in [0.2, 0.25) is 5.91 Å². The molecule has 0 spiro atoms. The van der Waals surface area contributed by atoms with Gasteiger partial charge in [0, 0.05) is 11.0 Å². The molecule has 3 nitrogen and oxygen atoms in total. The highest BCUT2D eigenvalue weighted by Gasteiger charge is 2.37. The zero-order chi connectivity index (χ0) is 13.7. The van der Waals surface area contributed by atoms with Crippen LogP contribution in [0.5, 0.6) is 0 Å². The van der Waals surface area contributed by atoms with Crippen LogP contribution in [0.25, 0.3) is 0 Å². The fraction of sp³-hybridized carbons (Fsp3) is 0.533. The second-order valence-electron chi connectivity index (χ2n) is 5.33. The third kappa shape index (κ3) is 3.37. The van der Waals surface area contributed by atoms with Crippen LogP contribution in [-0.4, -0.2) is 12.5 Å². The Morgan fingerprint density at radius 1 is 1.21 bits per heavy atom. The third-order valence-corrected chi connectivity index (χ3v) is 4.75. The van der Waals surface area contributed by atoms with Gasteiger partial charge in [0.05, 0.1) is 11.1 Å². The summed E-state index contributed by atoms with van der Waals surface area (Å²) in [6, 6.07) is 7.69. The molecule has 2 rings (SSSR count). The number of amides is 1. The molecule has 1 aromatic carbocycles. The molecule has 0 atom stereocenters. The summed E-state index contributed by atoms with van der Waals surface area (Å²) < 4.78 is 0.907. The van der Waals surface area contributed by atoms with Gasteiger partial charge in [-0.2, -0.15) is 0 Å². The van der Waals surface area contributed by atoms with Gasteiger partial charge in [-0.25, -0.2) is 0 Å². The van der Waals surface area contributed by atoms with Gasteiger partial charge in [0.25, 0.3) is 0 Å². The second-order valence-corrected chi connectivity index (χ2v) is 6.19. The molecule has 0 saturated heterocycles. The van der Waals surface area contributed by atoms with Crippen LogP contribution < -0.4 is 11.1 Å². The molecule has 0 bridgehead atoms. The normalized spacial score (nSPS) is 18.6. The fourth-order valence-electron chi connectivity index (χ4n) is 2.75. The summed E-state index contributed by atoms with van der Waals surface area (Å²) >= 11 is 3.46. The summed E-state index contributed by atoms with van der Waals surface area (Å²) in [4.78, 5) is 12.6. The van der Waals surface area contributed by atoms with Crippen LogP contribution in [0.1, 0.15) is 38.5 Å². The van der Waals surface area contributed by atoms with Crippen molar-refractivity contribution < 1.29 is 4.79 Å². The minimum atomic E-state index is -0.383. The Hall–Kier alpha value is -0.870. The number of benzene rings is 1. The van der Waals surface area contributed by atoms with E-state index in [-0.39, 0.29) is 11.3 Å². The van der Waals surface area contributed by atoms with E-state index in [2.05, 4.69) is 21.2 Å². The van der Waals surface area contributed by atoms with Crippen molar-refractivity contribution >= 4 is 27.5 Å². The molecule has 0 radical (unpaired) electrons. The molecule has 0 aliphatic heterocycles. The predicted molar refractivity (Wildman–Crippen MR) is 82.0 cm³/mol. The van der Waals surface area contributed by atoms with E-state index >= 15 is 0 Å². The van der Waals surface area contributed by atoms with Crippen molar-refractivity contribution in [1.82, 2.24) is 0 Å². The van der Waals surface area contributed by atoms with Gasteiger partial charge in [-0.1, -0.05) is 37.8 Å². The first kappa shape index (κ1) is 14.5. The van der Waals surface area contributed by atoms with Gasteiger partial charge in [-0.15, -0.1) is 0 Å². The number of carbonyl (C=O) groups excluding carboxylic acids is 1. The van der Waals surface area contributed by atoms with E-state index in [0.29, 0.717) is 6.54 Å². The summed E-state index contributed by atoms with van der Waals surface area (Å²) in [7, 11) is 0. The molecule has 104 valence electrons. The highest BCUT2D eigenvalue weighted by Crippen LogP contribution is 2.36. The molecule has 4 heteroatoms. The minimum absolute atomic E-state index is 0.0730. The monoisotopic (exact) mass is 324 g/mol. The first-order valence-electron chi connectivity index (χ1n) is 6.94. The maximum Gasteiger partial charge on any atom is 0.231 e. The number of carbonyl (C=O) groups is 1. The van der Waals surface area contributed by atoms with E-state index in [1.54, 1.807) is 0 Å². The van der Waals surface area contributed by atoms with E-state index in [1.807, 2.05) is 24.3 Å². The van der Waals surface area contributed by atoms with Crippen LogP contribution in [-0.2, 0) is 4.79 Å². The lowest BCUT2D eigenvalue weighted by Gasteiger charge is -2.30. The quantitative estimate of drug-likeness (QED) is 0.833. The van der Waals surface area contributed by atoms with Gasteiger partial charge in [-0.05, 0) is 40.9 Å². The van der Waals surface area contributed by atoms with Crippen molar-refractivity contribution in [3.8, 4) is 0 Å². The Balaban J connectivity index is 2.14. The van der Waals surface area contributed by atoms with Crippen LogP contribution in [0.4, 0.5) is 5.69 Å². The van der Waals surface area contributed by atoms with Crippen LogP contribution in [0, 0.1) is 5.41 Å². The second kappa shape index (κ2) is 6.53. The molecule has 1 aliphatic rings. The average Bonchev–Trinajstić information content (AvgIpc) is 2.67. The first-order valence-corrected chi connectivity index (χ1v) is 7.73. The third-order valence-electron chi connectivity index (χ3n) is 4.06. The lowest BCUT2D eigenvalue weighted by molar-refractivity contribution is -0.125. The number of hydrogen-bond acceptors (Lipinski definition) is 2. The van der Waals surface area contributed by atoms with Crippen LogP contribution in [0.3, 0.4) is 0 Å². The topological polar surface area (TPSA) is 55.1 Å². The Morgan fingerprint density at radius 3 is 2.42 bits per heavy atom. The number of hydrogen-bond donors (Lipinski definition) is 2. The molecule has 1 aliphatic carbocycles. The standard InChI is InChI=1S/C15H21BrN2O/c16-12-7-3-4-8-13(12)18-14(19)15(11-17)9-5-1-2-6-10-15/h3-4,7-8H,1-2,5-6,9-11,17H2,(H,18,19). The number of nitrogens with one attached hydrogen (secondary N) is 1. The summed E-state index contributed by atoms with van der Waals surface area (Å²) in [5, 5.41) is 3.03. The molecular weight excluding hydrogens is 304 g/mol. The molecule has 19 heavy (non-hydrogen) atoms. The molecule has 1 amide bonds. The molecule has 0 unspecified atom stereocenters. The number of halogens is 1. The molecule has 1 aromatic rings. The number of para-hydroxylation sites is 1. The molecule has 1 fully saturated rings. The maximum atomic E-state index is 12.6. The van der Waals surface area contributed by atoms with Gasteiger partial charge >= 0.3 is 0 Å². The SMILES string of the molecule is NCC1(C(=O)Nc2ccccc2Br)CCCCCC1. The van der Waals surface area contributed by atoms with E-state index in [1.165, 1.54) is 12.8 Å². The van der Waals surface area contributed by atoms with E-state index < -0.39 is 0 Å². The Morgan fingerprint density at radius 2 is 1.84 bits per heavy atom. The summed E-state index contributed by atoms with van der Waals surface area (Å²) in [6.07, 6.45) is 6.43. The lowest BCUT2D eigenvalue weighted by atomic mass is 9.79. The van der Waals surface area contributed by atoms with Gasteiger partial charge in [0.1, 0.15) is 0 Å². The zero-order valence-electron chi connectivity index (χ0n) is 11.1. The number of anilines is 1. The minimum Gasteiger partial charge on any atom is -0.329 e. The highest BCUT2D eigenvalue weighted by atomic mass is 79.9. The van der Waals surface area contributed by atoms with Crippen LogP contribution in [0.15, 0.2) is 28.7 Å². The zero-order valence-corrected chi connectivity index (χ0v) is 12.7. The first-order chi connectivity index (χ1) is 9.18. The summed E-state index contributed by atoms with van der Waals surface area (Å²) in [6.45, 7) is 0.434. The largest absolute Gasteiger partial charge is 0.329 e. The molecule has 0 heterocycles. The van der Waals surface area contributed by atoms with Gasteiger partial charge in [-0.3, -0.25) is 4.79 Å². The van der Waals surface area contributed by atoms with Crippen molar-refractivity contribution in [2.45, 2.75) is 38.5 Å². The Bertz CT molecular complexity index is 440. The molecule has 0 aromatic heterocycles. The van der Waals surface area contributed by atoms with Gasteiger partial charge < -0.3 is 11.1 Å². The van der Waals surface area contributed by atoms with Crippen molar-refractivity contribution in [1.29, 1.82) is 0 Å². The van der Waals surface area contributed by atoms with E-state index in [4.69, 9.17) is 5.73 Å². The number of rotatable bonds is 3. The van der Waals surface area contributed by atoms with Gasteiger partial charge in [0.15, 0.2) is 0 Å². The lowest BCUT2D eigenvalue weighted by Crippen LogP contribution is -2.42. The van der Waals surface area contributed by atoms with Crippen LogP contribution >= 0.6 is 15.9 Å². The van der Waals surface area contributed by atoms with Crippen LogP contribution in [0.2, 0.25) is 0 Å². The van der Waals surface area contributed by atoms with Crippen molar-refractivity contribution in [3.05, 3.63) is 28.7 Å². The van der Waals surface area contributed by atoms with Crippen molar-refractivity contribution in [2.24, 2.45) is 11.1 Å². The maximum absolute atomic E-state index is 12.6. The van der Waals surface area contributed by atoms with Crippen molar-refractivity contribution in [3.63, 3.8) is 0 Å². The smallest absolute Gasteiger partial charge is 0.231 e. The predicted octanol–water partition coefficient (Wildman–Crippen LogP) is 3.69. The Kier molecular flexibility index (Phi) is 4.99. The summed E-state index contributed by atoms with van der Waals surface area (Å²) in [5.74, 6) is 0.0730. The highest BCUT2D eigenvalue weighted by molar-refractivity contribution is 9.10. The van der Waals surface area contributed by atoms with E-state index in [0.717, 1.165) is 35.8 Å². The molecule has 1 saturated carbocycles. The molecular formula is C15H21BrN2O. The molecule has 3 N–H and O–H groups in total. The van der Waals surface area contributed by atoms with Crippen molar-refractivity contribution in [2.75, 3.05) is 11.9 Å². The fourth-order valence-corrected chi connectivity index (χ4v) is 3.13. The van der Waals surface area contributed by atoms with E-state index in [9.17, 15) is 4.79 Å². The number of nitrogens with two attached hydrogens (primary N) is 1. The summed E-state index contributed by atoms with van der Waals surface area (Å²) in [5.41, 5.74) is 6.37. The Labute approximate surface area is 123 Å². The average molecular weight is 325 g/mol.